The summed E-state index contributed by atoms with van der Waals surface area (Å²) in [7, 11) is -13.9. The van der Waals surface area contributed by atoms with Crippen molar-refractivity contribution in [2.24, 2.45) is 0 Å². The van der Waals surface area contributed by atoms with Gasteiger partial charge in [-0.15, -0.1) is 0 Å². The van der Waals surface area contributed by atoms with Gasteiger partial charge in [0.1, 0.15) is 0 Å². The van der Waals surface area contributed by atoms with Gasteiger partial charge in [-0.05, 0) is 0 Å². The summed E-state index contributed by atoms with van der Waals surface area (Å²) in [5, 5.41) is 0. The van der Waals surface area contributed by atoms with E-state index in [4.69, 9.17) is 57.7 Å². The zero-order valence-electron chi connectivity index (χ0n) is 6.59. The van der Waals surface area contributed by atoms with E-state index in [1.54, 1.807) is 0 Å². The van der Waals surface area contributed by atoms with Crippen molar-refractivity contribution in [2.45, 2.75) is 0 Å². The van der Waals surface area contributed by atoms with E-state index in [0.29, 0.717) is 0 Å². The summed E-state index contributed by atoms with van der Waals surface area (Å²) in [4.78, 5) is 64.7. The average Bonchev–Trinajstić information content (AvgIpc) is 1.41. The summed E-state index contributed by atoms with van der Waals surface area (Å²) in [5.41, 5.74) is 0. The Kier molecular flexibility index (Phi) is 64.6. The van der Waals surface area contributed by atoms with Crippen molar-refractivity contribution in [3.8, 4) is 0 Å². The fourth-order valence-electron chi connectivity index (χ4n) is 0. The van der Waals surface area contributed by atoms with E-state index in [1.165, 1.54) is 0 Å². The van der Waals surface area contributed by atoms with Crippen LogP contribution in [0.25, 0.3) is 0 Å². The summed E-state index contributed by atoms with van der Waals surface area (Å²) in [6.07, 6.45) is 0. The topological polar surface area (TPSA) is 233 Å². The molecule has 116 valence electrons. The van der Waals surface area contributed by atoms with E-state index in [-0.39, 0.29) is 189 Å². The Morgan fingerprint density at radius 1 is 0.350 bits per heavy atom. The van der Waals surface area contributed by atoms with Crippen LogP contribution in [0, 0.1) is 0 Å². The third kappa shape index (κ3) is 313. The molecule has 0 unspecified atom stereocenters. The molecule has 0 rings (SSSR count). The van der Waals surface area contributed by atoms with Gasteiger partial charge in [-0.1, -0.05) is 0 Å². The van der Waals surface area contributed by atoms with Gasteiger partial charge in [0.05, 0.1) is 0 Å². The van der Waals surface area contributed by atoms with Crippen molar-refractivity contribution in [1.82, 2.24) is 0 Å². The van der Waals surface area contributed by atoms with Crippen molar-refractivity contribution in [2.75, 3.05) is 0 Å². The third-order valence-electron chi connectivity index (χ3n) is 0. The molecule has 20 heteroatoms. The first-order valence-corrected chi connectivity index (χ1v) is 7.04. The van der Waals surface area contributed by atoms with E-state index in [2.05, 4.69) is 0 Å². The number of hydrogen-bond donors (Lipinski definition) is 9. The van der Waals surface area contributed by atoms with Crippen molar-refractivity contribution >= 4 is 212 Å². The van der Waals surface area contributed by atoms with Crippen molar-refractivity contribution in [3.63, 3.8) is 0 Å². The van der Waals surface area contributed by atoms with Crippen LogP contribution in [-0.2, 0) is 13.7 Å². The molecule has 12 nitrogen and oxygen atoms in total. The summed E-state index contributed by atoms with van der Waals surface area (Å²) in [6.45, 7) is 0. The molecule has 0 saturated carbocycles. The first-order valence-electron chi connectivity index (χ1n) is 2.35. The molecule has 0 spiro atoms. The van der Waals surface area contributed by atoms with E-state index in [9.17, 15) is 0 Å². The van der Waals surface area contributed by atoms with Gasteiger partial charge in [-0.3, -0.25) is 0 Å². The number of phosphoric acid groups is 3. The summed E-state index contributed by atoms with van der Waals surface area (Å²) in [5.74, 6) is 0. The second kappa shape index (κ2) is 25.6. The molecule has 0 aliphatic carbocycles. The first kappa shape index (κ1) is 50.4. The second-order valence-electron chi connectivity index (χ2n) is 1.54. The molecule has 0 bridgehead atoms. The van der Waals surface area contributed by atoms with Crippen LogP contribution in [-0.4, -0.2) is 233 Å². The molecule has 0 saturated heterocycles. The number of hydrogen-bond acceptors (Lipinski definition) is 3. The van der Waals surface area contributed by atoms with Crippen molar-refractivity contribution < 1.29 is 57.7 Å². The Balaban J connectivity index is -0.0000000160. The molecule has 0 aromatic carbocycles. The third-order valence-corrected chi connectivity index (χ3v) is 0. The molecular weight excluding hydrogens is 485 g/mol. The Morgan fingerprint density at radius 3 is 0.350 bits per heavy atom. The molecule has 0 radical (unpaired) electrons. The van der Waals surface area contributed by atoms with Crippen molar-refractivity contribution in [3.05, 3.63) is 0 Å². The van der Waals surface area contributed by atoms with E-state index in [1.807, 2.05) is 0 Å². The van der Waals surface area contributed by atoms with E-state index in [0.717, 1.165) is 0 Å². The van der Waals surface area contributed by atoms with Crippen LogP contribution in [0.1, 0.15) is 0 Å². The predicted molar refractivity (Wildman–Crippen MR) is 85.5 cm³/mol. The summed E-state index contributed by atoms with van der Waals surface area (Å²) < 4.78 is 26.6. The van der Waals surface area contributed by atoms with Crippen LogP contribution in [0.5, 0.6) is 0 Å². The second-order valence-corrected chi connectivity index (χ2v) is 4.62. The van der Waals surface area contributed by atoms with Crippen LogP contribution < -0.4 is 0 Å². The van der Waals surface area contributed by atoms with Gasteiger partial charge < -0.3 is 44.0 Å². The Labute approximate surface area is 263 Å². The Hall–Kier alpha value is 6.63. The van der Waals surface area contributed by atoms with Crippen LogP contribution >= 0.6 is 23.5 Å². The standard InChI is InChI=1S/5Ca.3H3O4P.10H/c;;;;;3*1-5(2,3)4;;;;;;;;;;/h;;;;;3*(H3,1,2,3,4);;;;;;;;;;. The SMILES string of the molecule is O=P(O)(O)O.O=P(O)(O)O.O=P(O)(O)O.[CaH2].[CaH2].[CaH2].[CaH2].[CaH2]. The quantitative estimate of drug-likeness (QED) is 0.111. The van der Waals surface area contributed by atoms with E-state index < -0.39 is 23.5 Å². The molecule has 0 aliphatic heterocycles. The molecular formula is H19Ca5O12P3. The molecule has 0 amide bonds. The van der Waals surface area contributed by atoms with Crippen LogP contribution in [0.2, 0.25) is 0 Å². The molecule has 0 aliphatic rings. The van der Waals surface area contributed by atoms with Gasteiger partial charge >= 0.3 is 212 Å². The van der Waals surface area contributed by atoms with Crippen LogP contribution in [0.15, 0.2) is 0 Å². The van der Waals surface area contributed by atoms with Gasteiger partial charge in [0.25, 0.3) is 0 Å². The first-order chi connectivity index (χ1) is 6.00. The Morgan fingerprint density at radius 2 is 0.350 bits per heavy atom. The fraction of sp³-hybridized carbons (Fsp3) is 0. The zero-order valence-corrected chi connectivity index (χ0v) is 9.27. The fourth-order valence-corrected chi connectivity index (χ4v) is 0. The summed E-state index contributed by atoms with van der Waals surface area (Å²) >= 11 is 0. The molecule has 9 N–H and O–H groups in total. The summed E-state index contributed by atoms with van der Waals surface area (Å²) in [6, 6.07) is 0. The molecule has 0 aromatic rings. The van der Waals surface area contributed by atoms with Gasteiger partial charge in [-0.25, -0.2) is 13.7 Å². The molecule has 0 fully saturated rings. The van der Waals surface area contributed by atoms with E-state index >= 15 is 0 Å². The molecule has 20 heavy (non-hydrogen) atoms. The van der Waals surface area contributed by atoms with Gasteiger partial charge in [0.2, 0.25) is 0 Å². The molecule has 0 atom stereocenters. The average molecular weight is 504 g/mol. The maximum absolute atomic E-state index is 8.88. The molecule has 0 heterocycles. The number of rotatable bonds is 0. The molecule has 0 aromatic heterocycles. The van der Waals surface area contributed by atoms with Crippen molar-refractivity contribution in [1.29, 1.82) is 0 Å². The van der Waals surface area contributed by atoms with Crippen LogP contribution in [0.4, 0.5) is 0 Å². The zero-order chi connectivity index (χ0) is 13.5. The van der Waals surface area contributed by atoms with Gasteiger partial charge in [-0.2, -0.15) is 0 Å². The van der Waals surface area contributed by atoms with Gasteiger partial charge in [0, 0.05) is 0 Å². The normalized spacial score (nSPS) is 8.85. The minimum absolute atomic E-state index is 0. The van der Waals surface area contributed by atoms with Crippen LogP contribution in [0.3, 0.4) is 0 Å². The maximum atomic E-state index is 8.88. The monoisotopic (exact) mass is 504 g/mol. The predicted octanol–water partition coefficient (Wildman–Crippen LogP) is -7.37. The minimum atomic E-state index is -4.64. The van der Waals surface area contributed by atoms with Gasteiger partial charge in [0.15, 0.2) is 0 Å². The Bertz CT molecular complexity index is 213.